The number of aliphatic carboxylic acids is 1. The van der Waals surface area contributed by atoms with E-state index in [9.17, 15) is 14.7 Å². The Morgan fingerprint density at radius 2 is 1.38 bits per heavy atom. The number of rotatable bonds is 16. The molecule has 0 aliphatic rings. The third-order valence-corrected chi connectivity index (χ3v) is 4.36. The van der Waals surface area contributed by atoms with Gasteiger partial charge in [0.1, 0.15) is 6.54 Å². The topological polar surface area (TPSA) is 66.4 Å². The summed E-state index contributed by atoms with van der Waals surface area (Å²) in [5.74, 6) is -0.661. The summed E-state index contributed by atoms with van der Waals surface area (Å²) >= 11 is 0. The van der Waals surface area contributed by atoms with Crippen LogP contribution in [-0.4, -0.2) is 50.2 Å². The maximum atomic E-state index is 11.9. The average Bonchev–Trinajstić information content (AvgIpc) is 2.46. The van der Waals surface area contributed by atoms with Crippen molar-refractivity contribution in [2.75, 3.05) is 27.7 Å². The fourth-order valence-corrected chi connectivity index (χ4v) is 3.07. The number of carbonyl (C=O) groups excluding carboxylic acids is 2. The van der Waals surface area contributed by atoms with Gasteiger partial charge in [0, 0.05) is 18.8 Å². The smallest absolute Gasteiger partial charge is 0.306 e. The summed E-state index contributed by atoms with van der Waals surface area (Å²) in [4.78, 5) is 22.8. The molecule has 0 fully saturated rings. The minimum Gasteiger partial charge on any atom is -0.550 e. The number of hydrogen-bond donors (Lipinski definition) is 0. The highest BCUT2D eigenvalue weighted by atomic mass is 16.5. The van der Waals surface area contributed by atoms with Gasteiger partial charge in [0.05, 0.1) is 21.1 Å². The summed E-state index contributed by atoms with van der Waals surface area (Å²) in [5.41, 5.74) is 0. The van der Waals surface area contributed by atoms with E-state index in [4.69, 9.17) is 4.74 Å². The number of unbranched alkanes of at least 4 members (excludes halogenated alkanes) is 7. The van der Waals surface area contributed by atoms with Crippen molar-refractivity contribution in [1.82, 2.24) is 0 Å². The Bertz CT molecular complexity index is 388. The molecule has 1 atom stereocenters. The Kier molecular flexibility index (Phi) is 13.4. The summed E-state index contributed by atoms with van der Waals surface area (Å²) in [6.45, 7) is 5.01. The lowest BCUT2D eigenvalue weighted by atomic mass is 10.0. The van der Waals surface area contributed by atoms with Gasteiger partial charge < -0.3 is 19.1 Å². The Balaban J connectivity index is 3.75. The molecular formula is C21H41NO4. The van der Waals surface area contributed by atoms with Crippen molar-refractivity contribution < 1.29 is 23.9 Å². The van der Waals surface area contributed by atoms with E-state index >= 15 is 0 Å². The standard InChI is InChI=1S/C21H41NO4/c1-18(2)14-12-10-8-6-7-9-11-13-15-21(25)26-19(16-20(23)24)17-22(3,4)5/h18-19H,6-17H2,1-5H3. The van der Waals surface area contributed by atoms with E-state index in [1.807, 2.05) is 21.1 Å². The Morgan fingerprint density at radius 3 is 1.85 bits per heavy atom. The molecule has 0 aliphatic heterocycles. The molecule has 0 N–H and O–H groups in total. The summed E-state index contributed by atoms with van der Waals surface area (Å²) < 4.78 is 5.90. The van der Waals surface area contributed by atoms with E-state index < -0.39 is 12.1 Å². The average molecular weight is 372 g/mol. The predicted molar refractivity (Wildman–Crippen MR) is 103 cm³/mol. The molecule has 154 valence electrons. The van der Waals surface area contributed by atoms with Crippen LogP contribution >= 0.6 is 0 Å². The zero-order valence-corrected chi connectivity index (χ0v) is 17.7. The summed E-state index contributed by atoms with van der Waals surface area (Å²) in [6.07, 6.45) is 10.3. The number of quaternary nitrogens is 1. The fourth-order valence-electron chi connectivity index (χ4n) is 3.07. The molecule has 26 heavy (non-hydrogen) atoms. The maximum Gasteiger partial charge on any atom is 0.306 e. The first-order chi connectivity index (χ1) is 12.1. The maximum absolute atomic E-state index is 11.9. The minimum absolute atomic E-state index is 0.238. The van der Waals surface area contributed by atoms with Crippen LogP contribution in [-0.2, 0) is 14.3 Å². The van der Waals surface area contributed by atoms with E-state index in [1.165, 1.54) is 38.5 Å². The van der Waals surface area contributed by atoms with Crippen LogP contribution in [0.1, 0.15) is 84.5 Å². The minimum atomic E-state index is -1.18. The SMILES string of the molecule is CC(C)CCCCCCCCCCC(=O)OC(CC(=O)[O-])C[N+](C)(C)C. The lowest BCUT2D eigenvalue weighted by Crippen LogP contribution is -2.45. The van der Waals surface area contributed by atoms with Gasteiger partial charge in [-0.1, -0.05) is 65.2 Å². The lowest BCUT2D eigenvalue weighted by Gasteiger charge is -2.29. The van der Waals surface area contributed by atoms with Crippen LogP contribution in [0.25, 0.3) is 0 Å². The summed E-state index contributed by atoms with van der Waals surface area (Å²) in [6, 6.07) is 0. The largest absolute Gasteiger partial charge is 0.550 e. The molecule has 0 aliphatic carbocycles. The fraction of sp³-hybridized carbons (Fsp3) is 0.905. The zero-order valence-electron chi connectivity index (χ0n) is 17.7. The van der Waals surface area contributed by atoms with E-state index in [0.29, 0.717) is 17.4 Å². The molecule has 0 aromatic carbocycles. The van der Waals surface area contributed by atoms with E-state index in [1.54, 1.807) is 0 Å². The van der Waals surface area contributed by atoms with Gasteiger partial charge in [-0.05, 0) is 12.3 Å². The Morgan fingerprint density at radius 1 is 0.885 bits per heavy atom. The molecule has 5 nitrogen and oxygen atoms in total. The number of carbonyl (C=O) groups is 2. The van der Waals surface area contributed by atoms with Gasteiger partial charge in [-0.15, -0.1) is 0 Å². The second-order valence-electron chi connectivity index (χ2n) is 8.92. The number of hydrogen-bond acceptors (Lipinski definition) is 4. The van der Waals surface area contributed by atoms with Gasteiger partial charge in [0.25, 0.3) is 0 Å². The highest BCUT2D eigenvalue weighted by Gasteiger charge is 2.22. The number of nitrogens with zero attached hydrogens (tertiary/aromatic N) is 1. The molecule has 5 heteroatoms. The van der Waals surface area contributed by atoms with Crippen molar-refractivity contribution in [1.29, 1.82) is 0 Å². The van der Waals surface area contributed by atoms with Gasteiger partial charge in [0.15, 0.2) is 6.10 Å². The highest BCUT2D eigenvalue weighted by molar-refractivity contribution is 5.70. The third-order valence-electron chi connectivity index (χ3n) is 4.36. The first kappa shape index (κ1) is 24.9. The van der Waals surface area contributed by atoms with Crippen molar-refractivity contribution in [3.8, 4) is 0 Å². The van der Waals surface area contributed by atoms with Gasteiger partial charge in [-0.3, -0.25) is 4.79 Å². The lowest BCUT2D eigenvalue weighted by molar-refractivity contribution is -0.873. The van der Waals surface area contributed by atoms with Crippen LogP contribution in [0.5, 0.6) is 0 Å². The molecule has 0 rings (SSSR count). The Hall–Kier alpha value is -1.10. The van der Waals surface area contributed by atoms with Crippen molar-refractivity contribution in [2.45, 2.75) is 90.6 Å². The molecule has 0 heterocycles. The van der Waals surface area contributed by atoms with Gasteiger partial charge in [0.2, 0.25) is 0 Å². The second-order valence-corrected chi connectivity index (χ2v) is 8.92. The van der Waals surface area contributed by atoms with Crippen molar-refractivity contribution >= 4 is 11.9 Å². The first-order valence-corrected chi connectivity index (χ1v) is 10.3. The molecule has 1 unspecified atom stereocenters. The van der Waals surface area contributed by atoms with E-state index in [0.717, 1.165) is 25.2 Å². The molecule has 0 spiro atoms. The van der Waals surface area contributed by atoms with Crippen LogP contribution < -0.4 is 5.11 Å². The molecule has 0 radical (unpaired) electrons. The van der Waals surface area contributed by atoms with Crippen LogP contribution in [0.4, 0.5) is 0 Å². The quantitative estimate of drug-likeness (QED) is 0.237. The molecule has 0 aromatic heterocycles. The number of likely N-dealkylation sites (N-methyl/N-ethyl adjacent to an activating group) is 1. The normalized spacial score (nSPS) is 13.0. The molecule has 0 aromatic rings. The predicted octanol–water partition coefficient (Wildman–Crippen LogP) is 3.30. The van der Waals surface area contributed by atoms with Crippen molar-refractivity contribution in [3.05, 3.63) is 0 Å². The van der Waals surface area contributed by atoms with Gasteiger partial charge in [-0.25, -0.2) is 0 Å². The summed E-state index contributed by atoms with van der Waals surface area (Å²) in [5, 5.41) is 10.8. The second kappa shape index (κ2) is 14.0. The third kappa shape index (κ3) is 17.7. The number of carboxylic acids is 1. The Labute approximate surface area is 160 Å². The van der Waals surface area contributed by atoms with Crippen molar-refractivity contribution in [2.24, 2.45) is 5.92 Å². The molecule has 0 saturated heterocycles. The summed E-state index contributed by atoms with van der Waals surface area (Å²) in [7, 11) is 5.83. The van der Waals surface area contributed by atoms with Gasteiger partial charge in [-0.2, -0.15) is 0 Å². The number of ether oxygens (including phenoxy) is 1. The first-order valence-electron chi connectivity index (χ1n) is 10.3. The molecule has 0 bridgehead atoms. The zero-order chi connectivity index (χ0) is 20.0. The van der Waals surface area contributed by atoms with Crippen LogP contribution in [0.15, 0.2) is 0 Å². The number of carboxylic acid groups (broad SMARTS) is 1. The molecular weight excluding hydrogens is 330 g/mol. The monoisotopic (exact) mass is 371 g/mol. The highest BCUT2D eigenvalue weighted by Crippen LogP contribution is 2.13. The van der Waals surface area contributed by atoms with E-state index in [-0.39, 0.29) is 12.4 Å². The van der Waals surface area contributed by atoms with E-state index in [2.05, 4.69) is 13.8 Å². The molecule has 0 amide bonds. The van der Waals surface area contributed by atoms with Crippen molar-refractivity contribution in [3.63, 3.8) is 0 Å². The van der Waals surface area contributed by atoms with Crippen LogP contribution in [0.3, 0.4) is 0 Å². The molecule has 0 saturated carbocycles. The van der Waals surface area contributed by atoms with Gasteiger partial charge >= 0.3 is 5.97 Å². The number of esters is 1. The van der Waals surface area contributed by atoms with Crippen LogP contribution in [0.2, 0.25) is 0 Å². The van der Waals surface area contributed by atoms with Crippen LogP contribution in [0, 0.1) is 5.92 Å².